The zero-order valence-corrected chi connectivity index (χ0v) is 13.0. The number of rotatable bonds is 3. The van der Waals surface area contributed by atoms with Gasteiger partial charge in [0.1, 0.15) is 5.82 Å². The largest absolute Gasteiger partial charge is 0.444 e. The van der Waals surface area contributed by atoms with Crippen LogP contribution in [0.1, 0.15) is 10.6 Å². The van der Waals surface area contributed by atoms with Crippen LogP contribution < -0.4 is 10.6 Å². The fraction of sp³-hybridized carbons (Fsp3) is 0. The van der Waals surface area contributed by atoms with Gasteiger partial charge in [0, 0.05) is 12.1 Å². The van der Waals surface area contributed by atoms with Crippen molar-refractivity contribution < 1.29 is 18.5 Å². The number of benzene rings is 1. The molecule has 0 atom stereocenters. The molecule has 0 radical (unpaired) electrons. The Morgan fingerprint density at radius 1 is 1.36 bits per heavy atom. The maximum Gasteiger partial charge on any atom is 0.293 e. The van der Waals surface area contributed by atoms with Gasteiger partial charge >= 0.3 is 0 Å². The summed E-state index contributed by atoms with van der Waals surface area (Å²) in [5.41, 5.74) is -0.534. The number of amides is 1. The molecular formula is C12H7BrFN3O4S. The Morgan fingerprint density at radius 3 is 2.68 bits per heavy atom. The number of carbonyl (C=O) groups is 1. The van der Waals surface area contributed by atoms with Gasteiger partial charge in [-0.3, -0.25) is 20.2 Å². The molecule has 10 heteroatoms. The Morgan fingerprint density at radius 2 is 2.09 bits per heavy atom. The molecule has 2 N–H and O–H groups in total. The van der Waals surface area contributed by atoms with Crippen molar-refractivity contribution in [2.45, 2.75) is 0 Å². The van der Waals surface area contributed by atoms with Crippen molar-refractivity contribution in [1.82, 2.24) is 5.32 Å². The van der Waals surface area contributed by atoms with Crippen molar-refractivity contribution in [3.63, 3.8) is 0 Å². The van der Waals surface area contributed by atoms with Crippen molar-refractivity contribution in [2.24, 2.45) is 0 Å². The minimum absolute atomic E-state index is 0.00413. The monoisotopic (exact) mass is 387 g/mol. The third-order valence-electron chi connectivity index (χ3n) is 2.43. The first-order valence-electron chi connectivity index (χ1n) is 5.68. The van der Waals surface area contributed by atoms with E-state index in [4.69, 9.17) is 16.6 Å². The van der Waals surface area contributed by atoms with Gasteiger partial charge in [0.05, 0.1) is 10.6 Å². The number of furan rings is 1. The molecular weight excluding hydrogens is 381 g/mol. The summed E-state index contributed by atoms with van der Waals surface area (Å²) in [6, 6.07) is 5.84. The molecule has 0 saturated carbocycles. The number of nitro benzene ring substituents is 1. The average molecular weight is 388 g/mol. The second kappa shape index (κ2) is 6.62. The van der Waals surface area contributed by atoms with E-state index in [1.165, 1.54) is 12.1 Å². The maximum atomic E-state index is 13.6. The first-order valence-corrected chi connectivity index (χ1v) is 6.88. The fourth-order valence-corrected chi connectivity index (χ4v) is 1.99. The highest BCUT2D eigenvalue weighted by Gasteiger charge is 2.15. The standard InChI is InChI=1S/C12H7BrFN3O4S/c13-10-4-3-9(21-10)11(18)16-12(22)15-8-5-6(17(19)20)1-2-7(8)14/h1-5H,(H2,15,16,18,22). The van der Waals surface area contributed by atoms with Crippen molar-refractivity contribution >= 4 is 50.5 Å². The predicted octanol–water partition coefficient (Wildman–Crippen LogP) is 3.22. The molecule has 0 bridgehead atoms. The Hall–Kier alpha value is -2.33. The van der Waals surface area contributed by atoms with Crippen LogP contribution in [0, 0.1) is 15.9 Å². The van der Waals surface area contributed by atoms with Crippen molar-refractivity contribution in [1.29, 1.82) is 0 Å². The summed E-state index contributed by atoms with van der Waals surface area (Å²) in [5.74, 6) is -1.40. The number of nitro groups is 1. The van der Waals surface area contributed by atoms with Crippen molar-refractivity contribution in [2.75, 3.05) is 5.32 Å². The van der Waals surface area contributed by atoms with Crippen LogP contribution in [0.15, 0.2) is 39.4 Å². The molecule has 0 spiro atoms. The Labute approximate surface area is 136 Å². The number of hydrogen-bond donors (Lipinski definition) is 2. The normalized spacial score (nSPS) is 10.1. The van der Waals surface area contributed by atoms with Crippen LogP contribution >= 0.6 is 28.1 Å². The molecule has 0 saturated heterocycles. The number of hydrogen-bond acceptors (Lipinski definition) is 5. The summed E-state index contributed by atoms with van der Waals surface area (Å²) in [6.07, 6.45) is 0. The molecule has 1 amide bonds. The Balaban J connectivity index is 2.07. The molecule has 0 aliphatic rings. The second-order valence-corrected chi connectivity index (χ2v) is 5.12. The van der Waals surface area contributed by atoms with Gasteiger partial charge in [0.25, 0.3) is 11.6 Å². The SMILES string of the molecule is O=C(NC(=S)Nc1cc([N+](=O)[O-])ccc1F)c1ccc(Br)o1. The Kier molecular flexibility index (Phi) is 4.83. The van der Waals surface area contributed by atoms with E-state index in [-0.39, 0.29) is 22.2 Å². The molecule has 0 fully saturated rings. The van der Waals surface area contributed by atoms with Crippen LogP contribution in [0.5, 0.6) is 0 Å². The summed E-state index contributed by atoms with van der Waals surface area (Å²) in [4.78, 5) is 21.7. The summed E-state index contributed by atoms with van der Waals surface area (Å²) < 4.78 is 19.0. The van der Waals surface area contributed by atoms with Gasteiger partial charge in [-0.25, -0.2) is 4.39 Å². The van der Waals surface area contributed by atoms with E-state index >= 15 is 0 Å². The summed E-state index contributed by atoms with van der Waals surface area (Å²) >= 11 is 7.90. The second-order valence-electron chi connectivity index (χ2n) is 3.93. The molecule has 2 aromatic rings. The lowest BCUT2D eigenvalue weighted by molar-refractivity contribution is -0.384. The summed E-state index contributed by atoms with van der Waals surface area (Å²) in [5, 5.41) is 15.1. The number of non-ortho nitro benzene ring substituents is 1. The minimum atomic E-state index is -0.747. The van der Waals surface area contributed by atoms with E-state index in [1.54, 1.807) is 0 Å². The molecule has 1 aromatic carbocycles. The number of thiocarbonyl (C=S) groups is 1. The molecule has 114 valence electrons. The average Bonchev–Trinajstić information content (AvgIpc) is 2.87. The van der Waals surface area contributed by atoms with E-state index in [9.17, 15) is 19.3 Å². The summed E-state index contributed by atoms with van der Waals surface area (Å²) in [7, 11) is 0. The molecule has 0 aliphatic heterocycles. The van der Waals surface area contributed by atoms with Crippen LogP contribution in [-0.2, 0) is 0 Å². The highest BCUT2D eigenvalue weighted by Crippen LogP contribution is 2.21. The third kappa shape index (κ3) is 3.86. The molecule has 1 aromatic heterocycles. The van der Waals surface area contributed by atoms with Gasteiger partial charge in [0.15, 0.2) is 15.5 Å². The molecule has 0 aliphatic carbocycles. The topological polar surface area (TPSA) is 97.4 Å². The van der Waals surface area contributed by atoms with Crippen molar-refractivity contribution in [3.05, 3.63) is 56.7 Å². The zero-order chi connectivity index (χ0) is 16.3. The number of anilines is 1. The van der Waals surface area contributed by atoms with Gasteiger partial charge in [-0.1, -0.05) is 0 Å². The van der Waals surface area contributed by atoms with E-state index < -0.39 is 16.6 Å². The van der Waals surface area contributed by atoms with Gasteiger partial charge in [-0.05, 0) is 46.3 Å². The summed E-state index contributed by atoms with van der Waals surface area (Å²) in [6.45, 7) is 0. The quantitative estimate of drug-likeness (QED) is 0.476. The van der Waals surface area contributed by atoms with Gasteiger partial charge in [0.2, 0.25) is 0 Å². The zero-order valence-electron chi connectivity index (χ0n) is 10.6. The lowest BCUT2D eigenvalue weighted by atomic mass is 10.2. The fourth-order valence-electron chi connectivity index (χ4n) is 1.48. The molecule has 0 unspecified atom stereocenters. The molecule has 22 heavy (non-hydrogen) atoms. The highest BCUT2D eigenvalue weighted by atomic mass is 79.9. The molecule has 2 rings (SSSR count). The third-order valence-corrected chi connectivity index (χ3v) is 3.06. The van der Waals surface area contributed by atoms with Crippen LogP contribution in [0.2, 0.25) is 0 Å². The van der Waals surface area contributed by atoms with Crippen molar-refractivity contribution in [3.8, 4) is 0 Å². The first kappa shape index (κ1) is 16.0. The van der Waals surface area contributed by atoms with E-state index in [0.717, 1.165) is 18.2 Å². The molecule has 1 heterocycles. The van der Waals surface area contributed by atoms with Crippen LogP contribution in [0.4, 0.5) is 15.8 Å². The number of carbonyl (C=O) groups excluding carboxylic acids is 1. The van der Waals surface area contributed by atoms with Crippen LogP contribution in [-0.4, -0.2) is 15.9 Å². The van der Waals surface area contributed by atoms with Gasteiger partial charge < -0.3 is 9.73 Å². The first-order chi connectivity index (χ1) is 10.4. The number of nitrogens with one attached hydrogen (secondary N) is 2. The Bertz CT molecular complexity index is 765. The highest BCUT2D eigenvalue weighted by molar-refractivity contribution is 9.10. The lowest BCUT2D eigenvalue weighted by Gasteiger charge is -2.09. The predicted molar refractivity (Wildman–Crippen MR) is 83.1 cm³/mol. The lowest BCUT2D eigenvalue weighted by Crippen LogP contribution is -2.34. The van der Waals surface area contributed by atoms with E-state index in [2.05, 4.69) is 26.6 Å². The smallest absolute Gasteiger partial charge is 0.293 e. The van der Waals surface area contributed by atoms with E-state index in [0.29, 0.717) is 4.67 Å². The number of halogens is 2. The van der Waals surface area contributed by atoms with Crippen LogP contribution in [0.25, 0.3) is 0 Å². The maximum absolute atomic E-state index is 13.6. The molecule has 7 nitrogen and oxygen atoms in total. The van der Waals surface area contributed by atoms with Gasteiger partial charge in [-0.15, -0.1) is 0 Å². The minimum Gasteiger partial charge on any atom is -0.444 e. The van der Waals surface area contributed by atoms with Crippen LogP contribution in [0.3, 0.4) is 0 Å². The van der Waals surface area contributed by atoms with Gasteiger partial charge in [-0.2, -0.15) is 0 Å². The number of nitrogens with zero attached hydrogens (tertiary/aromatic N) is 1. The van der Waals surface area contributed by atoms with E-state index in [1.807, 2.05) is 0 Å².